The summed E-state index contributed by atoms with van der Waals surface area (Å²) in [5.41, 5.74) is 7.97. The normalized spacial score (nSPS) is 19.9. The Balaban J connectivity index is 2.42. The third-order valence-electron chi connectivity index (χ3n) is 3.51. The Morgan fingerprint density at radius 2 is 2.16 bits per heavy atom. The molecule has 104 valence electrons. The Hall–Kier alpha value is -1.55. The summed E-state index contributed by atoms with van der Waals surface area (Å²) >= 11 is 0. The van der Waals surface area contributed by atoms with Crippen LogP contribution in [0.15, 0.2) is 18.2 Å². The summed E-state index contributed by atoms with van der Waals surface area (Å²) in [5, 5.41) is 0. The zero-order valence-corrected chi connectivity index (χ0v) is 11.8. The molecule has 1 aliphatic rings. The SMILES string of the molecule is CCCN1C(=O)C(C)Oc2ccc(C(N)CC)cc21. The average Bonchev–Trinajstić information content (AvgIpc) is 2.42. The fraction of sp³-hybridized carbons (Fsp3) is 0.533. The smallest absolute Gasteiger partial charge is 0.267 e. The number of carbonyl (C=O) groups is 1. The monoisotopic (exact) mass is 262 g/mol. The van der Waals surface area contributed by atoms with E-state index in [-0.39, 0.29) is 11.9 Å². The minimum Gasteiger partial charge on any atom is -0.479 e. The molecule has 1 aromatic rings. The van der Waals surface area contributed by atoms with Crippen molar-refractivity contribution in [3.63, 3.8) is 0 Å². The maximum Gasteiger partial charge on any atom is 0.267 e. The molecule has 0 aromatic heterocycles. The zero-order valence-electron chi connectivity index (χ0n) is 11.8. The molecule has 2 atom stereocenters. The minimum atomic E-state index is -0.412. The van der Waals surface area contributed by atoms with Crippen LogP contribution in [0.5, 0.6) is 5.75 Å². The molecule has 0 spiro atoms. The standard InChI is InChI=1S/C15H22N2O2/c1-4-8-17-13-9-11(12(16)5-2)6-7-14(13)19-10(3)15(17)18/h6-7,9-10,12H,4-5,8,16H2,1-3H3. The highest BCUT2D eigenvalue weighted by Crippen LogP contribution is 2.36. The largest absolute Gasteiger partial charge is 0.479 e. The van der Waals surface area contributed by atoms with Crippen LogP contribution in [-0.2, 0) is 4.79 Å². The summed E-state index contributed by atoms with van der Waals surface area (Å²) in [7, 11) is 0. The van der Waals surface area contributed by atoms with Crippen LogP contribution in [0.1, 0.15) is 45.2 Å². The number of amides is 1. The molecule has 0 saturated heterocycles. The summed E-state index contributed by atoms with van der Waals surface area (Å²) in [4.78, 5) is 14.0. The quantitative estimate of drug-likeness (QED) is 0.907. The van der Waals surface area contributed by atoms with Gasteiger partial charge in [0, 0.05) is 12.6 Å². The maximum absolute atomic E-state index is 12.2. The lowest BCUT2D eigenvalue weighted by Crippen LogP contribution is -2.44. The fourth-order valence-corrected chi connectivity index (χ4v) is 2.34. The first-order chi connectivity index (χ1) is 9.08. The van der Waals surface area contributed by atoms with Crippen LogP contribution < -0.4 is 15.4 Å². The van der Waals surface area contributed by atoms with Gasteiger partial charge in [0.15, 0.2) is 6.10 Å². The molecule has 2 unspecified atom stereocenters. The van der Waals surface area contributed by atoms with Gasteiger partial charge >= 0.3 is 0 Å². The first-order valence-corrected chi connectivity index (χ1v) is 6.96. The van der Waals surface area contributed by atoms with E-state index in [2.05, 4.69) is 13.8 Å². The van der Waals surface area contributed by atoms with E-state index in [1.54, 1.807) is 6.92 Å². The summed E-state index contributed by atoms with van der Waals surface area (Å²) < 4.78 is 5.66. The molecule has 4 heteroatoms. The molecule has 0 bridgehead atoms. The van der Waals surface area contributed by atoms with Gasteiger partial charge in [0.25, 0.3) is 5.91 Å². The highest BCUT2D eigenvalue weighted by molar-refractivity contribution is 5.99. The number of rotatable bonds is 4. The fourth-order valence-electron chi connectivity index (χ4n) is 2.34. The van der Waals surface area contributed by atoms with E-state index in [1.807, 2.05) is 23.1 Å². The van der Waals surface area contributed by atoms with Crippen LogP contribution in [0.25, 0.3) is 0 Å². The van der Waals surface area contributed by atoms with Crippen molar-refractivity contribution in [3.05, 3.63) is 23.8 Å². The Morgan fingerprint density at radius 3 is 2.79 bits per heavy atom. The molecular formula is C15H22N2O2. The molecule has 1 amide bonds. The van der Waals surface area contributed by atoms with Gasteiger partial charge in [-0.05, 0) is 37.5 Å². The number of hydrogen-bond acceptors (Lipinski definition) is 3. The number of anilines is 1. The van der Waals surface area contributed by atoms with Gasteiger partial charge in [0.1, 0.15) is 5.75 Å². The third-order valence-corrected chi connectivity index (χ3v) is 3.51. The van der Waals surface area contributed by atoms with Crippen LogP contribution in [0, 0.1) is 0 Å². The second-order valence-electron chi connectivity index (χ2n) is 4.99. The molecular weight excluding hydrogens is 240 g/mol. The van der Waals surface area contributed by atoms with Crippen molar-refractivity contribution in [3.8, 4) is 5.75 Å². The second kappa shape index (κ2) is 5.61. The van der Waals surface area contributed by atoms with Gasteiger partial charge in [0.2, 0.25) is 0 Å². The number of nitrogens with two attached hydrogens (primary N) is 1. The van der Waals surface area contributed by atoms with Gasteiger partial charge in [0.05, 0.1) is 5.69 Å². The Kier molecular flexibility index (Phi) is 4.10. The van der Waals surface area contributed by atoms with Crippen LogP contribution in [0.3, 0.4) is 0 Å². The minimum absolute atomic E-state index is 0.00299. The first kappa shape index (κ1) is 13.9. The lowest BCUT2D eigenvalue weighted by Gasteiger charge is -2.33. The Bertz CT molecular complexity index is 473. The summed E-state index contributed by atoms with van der Waals surface area (Å²) in [5.74, 6) is 0.796. The molecule has 2 N–H and O–H groups in total. The molecule has 0 radical (unpaired) electrons. The van der Waals surface area contributed by atoms with Crippen molar-refractivity contribution in [1.29, 1.82) is 0 Å². The molecule has 1 aromatic carbocycles. The van der Waals surface area contributed by atoms with E-state index in [0.717, 1.165) is 29.8 Å². The van der Waals surface area contributed by atoms with E-state index >= 15 is 0 Å². The predicted octanol–water partition coefficient (Wildman–Crippen LogP) is 2.62. The van der Waals surface area contributed by atoms with E-state index in [0.29, 0.717) is 6.54 Å². The number of benzene rings is 1. The topological polar surface area (TPSA) is 55.6 Å². The number of nitrogens with zero attached hydrogens (tertiary/aromatic N) is 1. The number of ether oxygens (including phenoxy) is 1. The van der Waals surface area contributed by atoms with E-state index in [1.165, 1.54) is 0 Å². The van der Waals surface area contributed by atoms with E-state index < -0.39 is 6.10 Å². The van der Waals surface area contributed by atoms with Crippen LogP contribution in [0.4, 0.5) is 5.69 Å². The molecule has 2 rings (SSSR count). The van der Waals surface area contributed by atoms with Gasteiger partial charge in [-0.15, -0.1) is 0 Å². The van der Waals surface area contributed by atoms with Gasteiger partial charge < -0.3 is 15.4 Å². The Morgan fingerprint density at radius 1 is 1.42 bits per heavy atom. The average molecular weight is 262 g/mol. The third kappa shape index (κ3) is 2.59. The predicted molar refractivity (Wildman–Crippen MR) is 76.4 cm³/mol. The molecule has 0 fully saturated rings. The molecule has 1 heterocycles. The van der Waals surface area contributed by atoms with Crippen molar-refractivity contribution < 1.29 is 9.53 Å². The van der Waals surface area contributed by atoms with E-state index in [4.69, 9.17) is 10.5 Å². The molecule has 1 aliphatic heterocycles. The highest BCUT2D eigenvalue weighted by atomic mass is 16.5. The van der Waals surface area contributed by atoms with Crippen LogP contribution in [0.2, 0.25) is 0 Å². The van der Waals surface area contributed by atoms with Crippen LogP contribution >= 0.6 is 0 Å². The molecule has 0 aliphatic carbocycles. The van der Waals surface area contributed by atoms with E-state index in [9.17, 15) is 4.79 Å². The van der Waals surface area contributed by atoms with Crippen molar-refractivity contribution in [2.45, 2.75) is 45.8 Å². The van der Waals surface area contributed by atoms with Gasteiger partial charge in [-0.3, -0.25) is 4.79 Å². The second-order valence-corrected chi connectivity index (χ2v) is 4.99. The van der Waals surface area contributed by atoms with Crippen LogP contribution in [-0.4, -0.2) is 18.6 Å². The lowest BCUT2D eigenvalue weighted by atomic mass is 10.0. The Labute approximate surface area is 114 Å². The molecule has 19 heavy (non-hydrogen) atoms. The zero-order chi connectivity index (χ0) is 14.0. The maximum atomic E-state index is 12.2. The lowest BCUT2D eigenvalue weighted by molar-refractivity contribution is -0.125. The van der Waals surface area contributed by atoms with Crippen molar-refractivity contribution in [1.82, 2.24) is 0 Å². The van der Waals surface area contributed by atoms with Crippen molar-refractivity contribution in [2.75, 3.05) is 11.4 Å². The van der Waals surface area contributed by atoms with Gasteiger partial charge in [-0.1, -0.05) is 19.9 Å². The number of hydrogen-bond donors (Lipinski definition) is 1. The van der Waals surface area contributed by atoms with Crippen molar-refractivity contribution >= 4 is 11.6 Å². The van der Waals surface area contributed by atoms with Crippen molar-refractivity contribution in [2.24, 2.45) is 5.73 Å². The summed E-state index contributed by atoms with van der Waals surface area (Å²) in [6.07, 6.45) is 1.38. The summed E-state index contributed by atoms with van der Waals surface area (Å²) in [6, 6.07) is 5.90. The highest BCUT2D eigenvalue weighted by Gasteiger charge is 2.31. The number of carbonyl (C=O) groups excluding carboxylic acids is 1. The summed E-state index contributed by atoms with van der Waals surface area (Å²) in [6.45, 7) is 6.62. The molecule has 0 saturated carbocycles. The molecule has 4 nitrogen and oxygen atoms in total. The van der Waals surface area contributed by atoms with Gasteiger partial charge in [-0.2, -0.15) is 0 Å². The first-order valence-electron chi connectivity index (χ1n) is 6.96. The van der Waals surface area contributed by atoms with Gasteiger partial charge in [-0.25, -0.2) is 0 Å². The number of fused-ring (bicyclic) bond motifs is 1.